The van der Waals surface area contributed by atoms with Gasteiger partial charge in [-0.2, -0.15) is 0 Å². The largest absolute Gasteiger partial charge is 0.388 e. The lowest BCUT2D eigenvalue weighted by molar-refractivity contribution is -0.0290. The lowest BCUT2D eigenvalue weighted by Crippen LogP contribution is -2.50. The van der Waals surface area contributed by atoms with Gasteiger partial charge in [-0.1, -0.05) is 0 Å². The van der Waals surface area contributed by atoms with E-state index in [1.807, 2.05) is 0 Å². The summed E-state index contributed by atoms with van der Waals surface area (Å²) in [5.41, 5.74) is -0.649. The van der Waals surface area contributed by atoms with Crippen LogP contribution < -0.4 is 10.6 Å². The maximum absolute atomic E-state index is 11.6. The SMILES string of the molecule is CC(C)N(CCCNC(=O)NCC1(O)CCC1)C(C)C. The van der Waals surface area contributed by atoms with Crippen LogP contribution in [0.5, 0.6) is 0 Å². The van der Waals surface area contributed by atoms with Crippen LogP contribution in [0.2, 0.25) is 0 Å². The monoisotopic (exact) mass is 285 g/mol. The highest BCUT2D eigenvalue weighted by atomic mass is 16.3. The van der Waals surface area contributed by atoms with Crippen molar-refractivity contribution in [2.24, 2.45) is 0 Å². The fraction of sp³-hybridized carbons (Fsp3) is 0.933. The highest BCUT2D eigenvalue weighted by molar-refractivity contribution is 5.73. The first-order chi connectivity index (χ1) is 9.34. The fourth-order valence-corrected chi connectivity index (χ4v) is 2.65. The van der Waals surface area contributed by atoms with Crippen molar-refractivity contribution in [2.45, 2.75) is 71.1 Å². The Kier molecular flexibility index (Phi) is 6.76. The van der Waals surface area contributed by atoms with Crippen molar-refractivity contribution in [1.29, 1.82) is 0 Å². The summed E-state index contributed by atoms with van der Waals surface area (Å²) in [5.74, 6) is 0. The molecule has 0 aliphatic heterocycles. The van der Waals surface area contributed by atoms with Gasteiger partial charge in [0.1, 0.15) is 0 Å². The standard InChI is InChI=1S/C15H31N3O2/c1-12(2)18(13(3)4)10-6-9-16-14(19)17-11-15(20)7-5-8-15/h12-13,20H,5-11H2,1-4H3,(H2,16,17,19). The van der Waals surface area contributed by atoms with Gasteiger partial charge in [-0.15, -0.1) is 0 Å². The lowest BCUT2D eigenvalue weighted by atomic mass is 9.80. The van der Waals surface area contributed by atoms with Crippen LogP contribution in [-0.4, -0.2) is 53.4 Å². The fourth-order valence-electron chi connectivity index (χ4n) is 2.65. The molecule has 0 heterocycles. The van der Waals surface area contributed by atoms with Crippen molar-refractivity contribution in [3.63, 3.8) is 0 Å². The molecule has 0 aromatic carbocycles. The molecule has 1 aliphatic carbocycles. The summed E-state index contributed by atoms with van der Waals surface area (Å²) in [7, 11) is 0. The third-order valence-corrected chi connectivity index (χ3v) is 4.07. The van der Waals surface area contributed by atoms with Crippen LogP contribution in [-0.2, 0) is 0 Å². The molecule has 0 atom stereocenters. The molecule has 0 unspecified atom stereocenters. The molecule has 20 heavy (non-hydrogen) atoms. The van der Waals surface area contributed by atoms with Crippen LogP contribution in [0.25, 0.3) is 0 Å². The Morgan fingerprint density at radius 2 is 1.80 bits per heavy atom. The van der Waals surface area contributed by atoms with Gasteiger partial charge in [0, 0.05) is 31.7 Å². The van der Waals surface area contributed by atoms with Gasteiger partial charge in [-0.05, 0) is 53.4 Å². The molecule has 0 saturated heterocycles. The minimum atomic E-state index is -0.649. The zero-order chi connectivity index (χ0) is 15.2. The summed E-state index contributed by atoms with van der Waals surface area (Å²) in [4.78, 5) is 14.0. The summed E-state index contributed by atoms with van der Waals surface area (Å²) in [5, 5.41) is 15.5. The summed E-state index contributed by atoms with van der Waals surface area (Å²) in [6.07, 6.45) is 3.59. The normalized spacial score (nSPS) is 17.4. The van der Waals surface area contributed by atoms with Crippen LogP contribution in [0.4, 0.5) is 4.79 Å². The van der Waals surface area contributed by atoms with Crippen LogP contribution in [0.15, 0.2) is 0 Å². The zero-order valence-corrected chi connectivity index (χ0v) is 13.4. The molecular formula is C15H31N3O2. The van der Waals surface area contributed by atoms with E-state index in [0.717, 1.165) is 32.2 Å². The predicted molar refractivity (Wildman–Crippen MR) is 81.8 cm³/mol. The molecule has 1 fully saturated rings. The molecule has 0 aromatic rings. The van der Waals surface area contributed by atoms with Crippen molar-refractivity contribution < 1.29 is 9.90 Å². The van der Waals surface area contributed by atoms with Crippen molar-refractivity contribution in [3.05, 3.63) is 0 Å². The second kappa shape index (κ2) is 7.84. The number of amides is 2. The van der Waals surface area contributed by atoms with Crippen molar-refractivity contribution >= 4 is 6.03 Å². The minimum Gasteiger partial charge on any atom is -0.388 e. The molecule has 5 nitrogen and oxygen atoms in total. The van der Waals surface area contributed by atoms with E-state index in [1.165, 1.54) is 0 Å². The van der Waals surface area contributed by atoms with E-state index in [-0.39, 0.29) is 6.03 Å². The first-order valence-corrected chi connectivity index (χ1v) is 7.84. The molecule has 0 aromatic heterocycles. The molecule has 1 aliphatic rings. The lowest BCUT2D eigenvalue weighted by Gasteiger charge is -2.36. The number of hydrogen-bond donors (Lipinski definition) is 3. The Labute approximate surface area is 123 Å². The van der Waals surface area contributed by atoms with E-state index in [0.29, 0.717) is 25.2 Å². The van der Waals surface area contributed by atoms with Gasteiger partial charge < -0.3 is 15.7 Å². The molecule has 0 bridgehead atoms. The number of urea groups is 1. The van der Waals surface area contributed by atoms with E-state index in [9.17, 15) is 9.90 Å². The number of hydrogen-bond acceptors (Lipinski definition) is 3. The van der Waals surface area contributed by atoms with E-state index in [4.69, 9.17) is 0 Å². The van der Waals surface area contributed by atoms with Gasteiger partial charge in [0.2, 0.25) is 0 Å². The molecule has 5 heteroatoms. The van der Waals surface area contributed by atoms with Crippen molar-refractivity contribution in [2.75, 3.05) is 19.6 Å². The molecule has 0 spiro atoms. The van der Waals surface area contributed by atoms with Crippen molar-refractivity contribution in [1.82, 2.24) is 15.5 Å². The molecule has 2 amide bonds. The number of aliphatic hydroxyl groups is 1. The van der Waals surface area contributed by atoms with Crippen LogP contribution in [0.3, 0.4) is 0 Å². The summed E-state index contributed by atoms with van der Waals surface area (Å²) in [6, 6.07) is 0.874. The molecule has 3 N–H and O–H groups in total. The zero-order valence-electron chi connectivity index (χ0n) is 13.4. The smallest absolute Gasteiger partial charge is 0.314 e. The van der Waals surface area contributed by atoms with Crippen LogP contribution in [0.1, 0.15) is 53.4 Å². The molecule has 118 valence electrons. The molecule has 0 radical (unpaired) electrons. The van der Waals surface area contributed by atoms with Crippen LogP contribution in [0, 0.1) is 0 Å². The first-order valence-electron chi connectivity index (χ1n) is 7.84. The predicted octanol–water partition coefficient (Wildman–Crippen LogP) is 1.71. The second-order valence-electron chi connectivity index (χ2n) is 6.47. The van der Waals surface area contributed by atoms with Gasteiger partial charge in [0.25, 0.3) is 0 Å². The van der Waals surface area contributed by atoms with Gasteiger partial charge in [0.05, 0.1) is 5.60 Å². The maximum Gasteiger partial charge on any atom is 0.314 e. The van der Waals surface area contributed by atoms with Crippen molar-refractivity contribution in [3.8, 4) is 0 Å². The summed E-state index contributed by atoms with van der Waals surface area (Å²) < 4.78 is 0. The Morgan fingerprint density at radius 1 is 1.20 bits per heavy atom. The Hall–Kier alpha value is -0.810. The summed E-state index contributed by atoms with van der Waals surface area (Å²) >= 11 is 0. The van der Waals surface area contributed by atoms with Gasteiger partial charge in [-0.3, -0.25) is 4.90 Å². The number of carbonyl (C=O) groups excluding carboxylic acids is 1. The molecule has 1 rings (SSSR count). The average Bonchev–Trinajstić information content (AvgIpc) is 2.32. The first kappa shape index (κ1) is 17.2. The molecule has 1 saturated carbocycles. The highest BCUT2D eigenvalue weighted by Crippen LogP contribution is 2.30. The van der Waals surface area contributed by atoms with Gasteiger partial charge in [-0.25, -0.2) is 4.79 Å². The Morgan fingerprint density at radius 3 is 2.25 bits per heavy atom. The topological polar surface area (TPSA) is 64.6 Å². The van der Waals surface area contributed by atoms with E-state index in [2.05, 4.69) is 43.2 Å². The van der Waals surface area contributed by atoms with Gasteiger partial charge in [0.15, 0.2) is 0 Å². The quantitative estimate of drug-likeness (QED) is 0.595. The third-order valence-electron chi connectivity index (χ3n) is 4.07. The molecular weight excluding hydrogens is 254 g/mol. The number of nitrogens with zero attached hydrogens (tertiary/aromatic N) is 1. The maximum atomic E-state index is 11.6. The third kappa shape index (κ3) is 5.67. The van der Waals surface area contributed by atoms with E-state index in [1.54, 1.807) is 0 Å². The van der Waals surface area contributed by atoms with Gasteiger partial charge >= 0.3 is 6.03 Å². The van der Waals surface area contributed by atoms with E-state index < -0.39 is 5.60 Å². The van der Waals surface area contributed by atoms with Crippen LogP contribution >= 0.6 is 0 Å². The summed E-state index contributed by atoms with van der Waals surface area (Å²) in [6.45, 7) is 10.8. The highest BCUT2D eigenvalue weighted by Gasteiger charge is 2.34. The number of carbonyl (C=O) groups is 1. The Bertz CT molecular complexity index is 293. The Balaban J connectivity index is 2.09. The average molecular weight is 285 g/mol. The second-order valence-corrected chi connectivity index (χ2v) is 6.47. The number of nitrogens with one attached hydrogen (secondary N) is 2. The minimum absolute atomic E-state index is 0.175. The number of rotatable bonds is 8. The van der Waals surface area contributed by atoms with E-state index >= 15 is 0 Å².